The van der Waals surface area contributed by atoms with E-state index in [9.17, 15) is 26.3 Å². The molecule has 0 N–H and O–H groups in total. The zero-order valence-electron chi connectivity index (χ0n) is 19.7. The Balaban J connectivity index is 1.94. The smallest absolute Gasteiger partial charge is 0.166 e. The molecule has 0 bridgehead atoms. The lowest BCUT2D eigenvalue weighted by atomic mass is 9.84. The highest BCUT2D eigenvalue weighted by molar-refractivity contribution is 14.1. The second-order valence-electron chi connectivity index (χ2n) is 9.06. The Morgan fingerprint density at radius 2 is 1.05 bits per heavy atom. The molecule has 37 heavy (non-hydrogen) atoms. The van der Waals surface area contributed by atoms with Crippen molar-refractivity contribution in [2.75, 3.05) is 0 Å². The van der Waals surface area contributed by atoms with Gasteiger partial charge in [0.05, 0.1) is 11.1 Å². The molecule has 0 aromatic heterocycles. The van der Waals surface area contributed by atoms with Crippen LogP contribution in [0.2, 0.25) is 0 Å². The second kappa shape index (κ2) is 9.04. The standard InChI is InChI=1S/C30H19F6I/c1-16-7-11-22-23(13-16)28(19-10-12-26(37)25(15-19)30(34,35)36)21-6-4-3-5-20(21)27(22)18-9-8-17(2)24(14-18)29(31,32)33/h3-15H,1-2H3. The summed E-state index contributed by atoms with van der Waals surface area (Å²) in [6, 6.07) is 21.3. The third-order valence-electron chi connectivity index (χ3n) is 6.57. The van der Waals surface area contributed by atoms with E-state index in [0.29, 0.717) is 43.8 Å². The molecule has 0 aliphatic heterocycles. The fourth-order valence-corrected chi connectivity index (χ4v) is 5.54. The lowest BCUT2D eigenvalue weighted by Crippen LogP contribution is -2.08. The van der Waals surface area contributed by atoms with Gasteiger partial charge in [0.15, 0.2) is 0 Å². The van der Waals surface area contributed by atoms with E-state index in [1.165, 1.54) is 19.1 Å². The highest BCUT2D eigenvalue weighted by Gasteiger charge is 2.34. The molecule has 0 atom stereocenters. The van der Waals surface area contributed by atoms with Gasteiger partial charge in [-0.1, -0.05) is 66.2 Å². The van der Waals surface area contributed by atoms with Crippen molar-refractivity contribution in [2.24, 2.45) is 0 Å². The molecular formula is C30H19F6I. The third-order valence-corrected chi connectivity index (χ3v) is 7.51. The number of alkyl halides is 6. The molecule has 0 fully saturated rings. The molecule has 0 spiro atoms. The van der Waals surface area contributed by atoms with Crippen LogP contribution in [0.1, 0.15) is 22.3 Å². The van der Waals surface area contributed by atoms with Crippen LogP contribution in [0.3, 0.4) is 0 Å². The fraction of sp³-hybridized carbons (Fsp3) is 0.133. The molecule has 0 aliphatic rings. The minimum absolute atomic E-state index is 0.0922. The monoisotopic (exact) mass is 620 g/mol. The molecule has 188 valence electrons. The third kappa shape index (κ3) is 4.58. The van der Waals surface area contributed by atoms with E-state index in [4.69, 9.17) is 0 Å². The Kier molecular flexibility index (Phi) is 6.25. The minimum atomic E-state index is -4.52. The van der Waals surface area contributed by atoms with Crippen molar-refractivity contribution in [3.63, 3.8) is 0 Å². The van der Waals surface area contributed by atoms with Crippen LogP contribution in [0.15, 0.2) is 78.9 Å². The number of halogens is 7. The minimum Gasteiger partial charge on any atom is -0.166 e. The molecule has 0 amide bonds. The Labute approximate surface area is 223 Å². The first-order valence-electron chi connectivity index (χ1n) is 11.4. The SMILES string of the molecule is Cc1ccc2c(-c3ccc(C)c(C(F)(F)F)c3)c3ccccc3c(-c3ccc(I)c(C(F)(F)F)c3)c2c1. The van der Waals surface area contributed by atoms with Gasteiger partial charge in [0.2, 0.25) is 0 Å². The quantitative estimate of drug-likeness (QED) is 0.105. The molecular weight excluding hydrogens is 601 g/mol. The molecule has 5 aromatic carbocycles. The second-order valence-corrected chi connectivity index (χ2v) is 10.2. The lowest BCUT2D eigenvalue weighted by Gasteiger charge is -2.20. The van der Waals surface area contributed by atoms with E-state index in [1.807, 2.05) is 25.1 Å². The van der Waals surface area contributed by atoms with Gasteiger partial charge in [-0.2, -0.15) is 26.3 Å². The van der Waals surface area contributed by atoms with Crippen LogP contribution in [0.5, 0.6) is 0 Å². The van der Waals surface area contributed by atoms with Crippen molar-refractivity contribution in [1.29, 1.82) is 0 Å². The first-order chi connectivity index (χ1) is 17.4. The van der Waals surface area contributed by atoms with Gasteiger partial charge in [-0.15, -0.1) is 0 Å². The van der Waals surface area contributed by atoms with Gasteiger partial charge in [-0.3, -0.25) is 0 Å². The van der Waals surface area contributed by atoms with Crippen molar-refractivity contribution in [3.8, 4) is 22.3 Å². The van der Waals surface area contributed by atoms with E-state index in [0.717, 1.165) is 17.7 Å². The maximum Gasteiger partial charge on any atom is 0.417 e. The van der Waals surface area contributed by atoms with E-state index in [1.54, 1.807) is 59.0 Å². The van der Waals surface area contributed by atoms with Gasteiger partial charge >= 0.3 is 12.4 Å². The Morgan fingerprint density at radius 3 is 1.65 bits per heavy atom. The van der Waals surface area contributed by atoms with E-state index in [2.05, 4.69) is 0 Å². The van der Waals surface area contributed by atoms with Crippen molar-refractivity contribution in [3.05, 3.63) is 105 Å². The average molecular weight is 620 g/mol. The van der Waals surface area contributed by atoms with Crippen LogP contribution in [-0.4, -0.2) is 0 Å². The van der Waals surface area contributed by atoms with Gasteiger partial charge in [-0.25, -0.2) is 0 Å². The molecule has 0 nitrogen and oxygen atoms in total. The summed E-state index contributed by atoms with van der Waals surface area (Å²) in [6.45, 7) is 3.30. The summed E-state index contributed by atoms with van der Waals surface area (Å²) in [6.07, 6.45) is -9.04. The molecule has 7 heteroatoms. The van der Waals surface area contributed by atoms with Crippen molar-refractivity contribution in [2.45, 2.75) is 26.2 Å². The average Bonchev–Trinajstić information content (AvgIpc) is 2.82. The zero-order chi connectivity index (χ0) is 26.7. The van der Waals surface area contributed by atoms with Crippen molar-refractivity contribution < 1.29 is 26.3 Å². The predicted octanol–water partition coefficient (Wildman–Crippen LogP) is 10.6. The summed E-state index contributed by atoms with van der Waals surface area (Å²) in [7, 11) is 0. The number of hydrogen-bond donors (Lipinski definition) is 0. The van der Waals surface area contributed by atoms with Gasteiger partial charge in [0, 0.05) is 3.57 Å². The Morgan fingerprint density at radius 1 is 0.541 bits per heavy atom. The lowest BCUT2D eigenvalue weighted by molar-refractivity contribution is -0.139. The first kappa shape index (κ1) is 25.6. The number of benzene rings is 5. The topological polar surface area (TPSA) is 0 Å². The van der Waals surface area contributed by atoms with Gasteiger partial charge in [-0.05, 0) is 104 Å². The van der Waals surface area contributed by atoms with E-state index in [-0.39, 0.29) is 9.13 Å². The largest absolute Gasteiger partial charge is 0.417 e. The molecule has 5 aromatic rings. The molecule has 0 saturated carbocycles. The number of fused-ring (bicyclic) bond motifs is 2. The van der Waals surface area contributed by atoms with Crippen LogP contribution < -0.4 is 0 Å². The first-order valence-corrected chi connectivity index (χ1v) is 12.4. The molecule has 0 aliphatic carbocycles. The summed E-state index contributed by atoms with van der Waals surface area (Å²) in [5, 5.41) is 2.68. The summed E-state index contributed by atoms with van der Waals surface area (Å²) < 4.78 is 82.8. The molecule has 0 unspecified atom stereocenters. The molecule has 0 heterocycles. The maximum atomic E-state index is 13.8. The van der Waals surface area contributed by atoms with Crippen LogP contribution in [0.25, 0.3) is 43.8 Å². The summed E-state index contributed by atoms with van der Waals surface area (Å²) in [4.78, 5) is 0. The molecule has 0 radical (unpaired) electrons. The number of aryl methyl sites for hydroxylation is 2. The normalized spacial score (nSPS) is 12.5. The summed E-state index contributed by atoms with van der Waals surface area (Å²) >= 11 is 1.68. The predicted molar refractivity (Wildman–Crippen MR) is 145 cm³/mol. The summed E-state index contributed by atoms with van der Waals surface area (Å²) in [5.74, 6) is 0. The van der Waals surface area contributed by atoms with Crippen molar-refractivity contribution >= 4 is 44.1 Å². The van der Waals surface area contributed by atoms with Crippen LogP contribution >= 0.6 is 22.6 Å². The molecule has 5 rings (SSSR count). The van der Waals surface area contributed by atoms with E-state index >= 15 is 0 Å². The fourth-order valence-electron chi connectivity index (χ4n) is 4.90. The van der Waals surface area contributed by atoms with Crippen LogP contribution in [0, 0.1) is 17.4 Å². The highest BCUT2D eigenvalue weighted by Crippen LogP contribution is 2.46. The van der Waals surface area contributed by atoms with Crippen molar-refractivity contribution in [1.82, 2.24) is 0 Å². The molecule has 0 saturated heterocycles. The van der Waals surface area contributed by atoms with Crippen LogP contribution in [0.4, 0.5) is 26.3 Å². The van der Waals surface area contributed by atoms with Crippen LogP contribution in [-0.2, 0) is 12.4 Å². The zero-order valence-corrected chi connectivity index (χ0v) is 21.8. The highest BCUT2D eigenvalue weighted by atomic mass is 127. The number of hydrogen-bond acceptors (Lipinski definition) is 0. The van der Waals surface area contributed by atoms with Gasteiger partial charge in [0.1, 0.15) is 0 Å². The van der Waals surface area contributed by atoms with Gasteiger partial charge in [0.25, 0.3) is 0 Å². The Hall–Kier alpha value is -3.07. The van der Waals surface area contributed by atoms with Gasteiger partial charge < -0.3 is 0 Å². The van der Waals surface area contributed by atoms with E-state index < -0.39 is 23.5 Å². The number of rotatable bonds is 2. The summed E-state index contributed by atoms with van der Waals surface area (Å²) in [5.41, 5.74) is 1.58. The Bertz CT molecular complexity index is 1680. The maximum absolute atomic E-state index is 13.8.